The van der Waals surface area contributed by atoms with Gasteiger partial charge in [-0.05, 0) is 80.9 Å². The van der Waals surface area contributed by atoms with E-state index in [4.69, 9.17) is 5.41 Å². The first-order valence-corrected chi connectivity index (χ1v) is 18.8. The van der Waals surface area contributed by atoms with Crippen molar-refractivity contribution in [1.82, 2.24) is 9.88 Å². The summed E-state index contributed by atoms with van der Waals surface area (Å²) in [5.74, 6) is 0. The maximum Gasteiger partial charge on any atom is 0.109 e. The van der Waals surface area contributed by atoms with E-state index in [0.29, 0.717) is 11.3 Å². The molecule has 1 aliphatic carbocycles. The van der Waals surface area contributed by atoms with Crippen LogP contribution in [-0.2, 0) is 5.41 Å². The highest BCUT2D eigenvalue weighted by atomic mass is 32.1. The molecule has 7 aromatic rings. The molecule has 5 aromatic carbocycles. The fourth-order valence-corrected chi connectivity index (χ4v) is 9.72. The lowest BCUT2D eigenvalue weighted by atomic mass is 9.67. The molecule has 0 unspecified atom stereocenters. The summed E-state index contributed by atoms with van der Waals surface area (Å²) in [6, 6.07) is 44.4. The topological polar surface area (TPSA) is 40.8 Å². The highest BCUT2D eigenvalue weighted by Gasteiger charge is 2.46. The van der Waals surface area contributed by atoms with Crippen LogP contribution >= 0.6 is 11.3 Å². The molecule has 1 aliphatic heterocycles. The number of aromatic nitrogens is 1. The predicted molar refractivity (Wildman–Crippen MR) is 232 cm³/mol. The number of rotatable bonds is 9. The van der Waals surface area contributed by atoms with E-state index in [1.165, 1.54) is 50.2 Å². The zero-order chi connectivity index (χ0) is 37.0. The van der Waals surface area contributed by atoms with Crippen molar-refractivity contribution < 1.29 is 0 Å². The minimum absolute atomic E-state index is 0.326. The first kappa shape index (κ1) is 33.1. The van der Waals surface area contributed by atoms with Gasteiger partial charge >= 0.3 is 0 Å². The van der Waals surface area contributed by atoms with Gasteiger partial charge in [0, 0.05) is 44.4 Å². The number of fused-ring (bicyclic) bond motifs is 6. The largest absolute Gasteiger partial charge is 0.361 e. The lowest BCUT2D eigenvalue weighted by Gasteiger charge is -2.34. The molecule has 2 N–H and O–H groups in total. The summed E-state index contributed by atoms with van der Waals surface area (Å²) in [7, 11) is 0. The van der Waals surface area contributed by atoms with Crippen molar-refractivity contribution in [1.29, 1.82) is 5.41 Å². The van der Waals surface area contributed by atoms with Gasteiger partial charge in [-0.2, -0.15) is 0 Å². The number of nitrogens with zero attached hydrogens (tertiary/aromatic N) is 1. The maximum atomic E-state index is 8.27. The van der Waals surface area contributed by atoms with Crippen LogP contribution in [0.5, 0.6) is 0 Å². The number of thiophene rings is 1. The fourth-order valence-electron chi connectivity index (χ4n) is 8.52. The van der Waals surface area contributed by atoms with Gasteiger partial charge < -0.3 is 15.3 Å². The van der Waals surface area contributed by atoms with E-state index in [1.54, 1.807) is 17.4 Å². The van der Waals surface area contributed by atoms with Crippen LogP contribution in [0, 0.1) is 5.41 Å². The Labute approximate surface area is 319 Å². The van der Waals surface area contributed by atoms with Gasteiger partial charge in [0.1, 0.15) is 4.83 Å². The molecule has 4 heteroatoms. The van der Waals surface area contributed by atoms with Crippen molar-refractivity contribution in [2.45, 2.75) is 5.41 Å². The molecule has 0 fully saturated rings. The van der Waals surface area contributed by atoms with Gasteiger partial charge in [-0.3, -0.25) is 0 Å². The van der Waals surface area contributed by atoms with Crippen LogP contribution in [0.25, 0.3) is 55.7 Å². The van der Waals surface area contributed by atoms with Crippen LogP contribution in [0.1, 0.15) is 38.3 Å². The van der Waals surface area contributed by atoms with Crippen molar-refractivity contribution in [3.8, 4) is 16.8 Å². The second-order valence-electron chi connectivity index (χ2n) is 13.5. The van der Waals surface area contributed by atoms with Gasteiger partial charge in [0.15, 0.2) is 0 Å². The summed E-state index contributed by atoms with van der Waals surface area (Å²) in [5, 5.41) is 14.0. The van der Waals surface area contributed by atoms with Gasteiger partial charge in [-0.15, -0.1) is 11.3 Å². The molecule has 0 saturated carbocycles. The molecular weight excluding hydrogens is 675 g/mol. The Bertz CT molecular complexity index is 2780. The quantitative estimate of drug-likeness (QED) is 0.144. The van der Waals surface area contributed by atoms with E-state index in [2.05, 4.69) is 164 Å². The summed E-state index contributed by atoms with van der Waals surface area (Å²) in [5.41, 5.74) is 14.3. The van der Waals surface area contributed by atoms with E-state index in [-0.39, 0.29) is 0 Å². The molecule has 2 aliphatic rings. The molecule has 3 nitrogen and oxygen atoms in total. The molecule has 0 spiro atoms. The molecule has 0 saturated heterocycles. The summed E-state index contributed by atoms with van der Waals surface area (Å²) in [6.45, 7) is 16.2. The second-order valence-corrected chi connectivity index (χ2v) is 14.6. The van der Waals surface area contributed by atoms with Crippen molar-refractivity contribution in [3.05, 3.63) is 228 Å². The molecule has 0 radical (unpaired) electrons. The van der Waals surface area contributed by atoms with Crippen LogP contribution < -0.4 is 5.32 Å². The molecule has 2 aromatic heterocycles. The number of hydrogen-bond acceptors (Lipinski definition) is 3. The van der Waals surface area contributed by atoms with Crippen LogP contribution in [0.2, 0.25) is 0 Å². The van der Waals surface area contributed by atoms with E-state index in [0.717, 1.165) is 43.3 Å². The minimum Gasteiger partial charge on any atom is -0.361 e. The molecule has 0 amide bonds. The lowest BCUT2D eigenvalue weighted by Crippen LogP contribution is -2.28. The summed E-state index contributed by atoms with van der Waals surface area (Å²) >= 11 is 1.75. The maximum absolute atomic E-state index is 8.27. The average Bonchev–Trinajstić information content (AvgIpc) is 3.85. The van der Waals surface area contributed by atoms with Gasteiger partial charge in [-0.1, -0.05) is 148 Å². The number of hydrogen-bond donors (Lipinski definition) is 2. The number of nitrogens with one attached hydrogen (secondary N) is 2. The van der Waals surface area contributed by atoms with Crippen molar-refractivity contribution >= 4 is 55.9 Å². The summed E-state index contributed by atoms with van der Waals surface area (Å²) in [6.07, 6.45) is 13.2. The van der Waals surface area contributed by atoms with E-state index in [1.807, 2.05) is 24.4 Å². The monoisotopic (exact) mass is 711 g/mol. The molecule has 258 valence electrons. The summed E-state index contributed by atoms with van der Waals surface area (Å²) < 4.78 is 2.42. The first-order chi connectivity index (χ1) is 26.5. The Morgan fingerprint density at radius 1 is 0.704 bits per heavy atom. The van der Waals surface area contributed by atoms with Gasteiger partial charge in [0.05, 0.1) is 16.6 Å². The van der Waals surface area contributed by atoms with Gasteiger partial charge in [-0.25, -0.2) is 0 Å². The molecule has 0 atom stereocenters. The Kier molecular flexibility index (Phi) is 7.99. The lowest BCUT2D eigenvalue weighted by molar-refractivity contribution is 0.769. The SMILES string of the molecule is C=CC(=N)/C(C=C)=C1/C=CC(c2cccc(-n3c4cc5c(cc4c4c(C=C)c(C=C)sc43)C(c3ccccc3)(c3ccccc3)c3ccccc3-5)c2)=CN1. The van der Waals surface area contributed by atoms with E-state index in [9.17, 15) is 0 Å². The van der Waals surface area contributed by atoms with E-state index < -0.39 is 5.41 Å². The number of dihydropyridines is 1. The molecule has 54 heavy (non-hydrogen) atoms. The smallest absolute Gasteiger partial charge is 0.109 e. The third-order valence-electron chi connectivity index (χ3n) is 10.9. The first-order valence-electron chi connectivity index (χ1n) is 18.0. The summed E-state index contributed by atoms with van der Waals surface area (Å²) in [4.78, 5) is 2.26. The van der Waals surface area contributed by atoms with Crippen LogP contribution in [0.15, 0.2) is 189 Å². The zero-order valence-corrected chi connectivity index (χ0v) is 30.6. The molecule has 3 heterocycles. The van der Waals surface area contributed by atoms with Crippen LogP contribution in [0.3, 0.4) is 0 Å². The van der Waals surface area contributed by atoms with Crippen molar-refractivity contribution in [2.75, 3.05) is 0 Å². The highest BCUT2D eigenvalue weighted by Crippen LogP contribution is 2.58. The number of allylic oxidation sites excluding steroid dienone is 6. The normalized spacial score (nSPS) is 14.9. The zero-order valence-electron chi connectivity index (χ0n) is 29.8. The highest BCUT2D eigenvalue weighted by molar-refractivity contribution is 7.20. The standard InChI is InChI=1S/C50H37N3S/c1-5-37(44(51)7-3)45-27-26-33(31-52-45)32-18-17-23-36(28-32)53-46-30-40-39-24-15-16-25-42(39)50(34-19-11-9-12-20-34,35-21-13-10-14-22-35)43(40)29-41(46)48-38(6-2)47(8-4)54-49(48)53/h5-31,51-52H,1-4H2/b45-37-,51-44?. The molecular formula is C50H37N3S. The Morgan fingerprint density at radius 3 is 2.07 bits per heavy atom. The third kappa shape index (κ3) is 4.77. The van der Waals surface area contributed by atoms with E-state index >= 15 is 0 Å². The molecule has 9 rings (SSSR count). The van der Waals surface area contributed by atoms with Crippen LogP contribution in [-0.4, -0.2) is 10.3 Å². The second kappa shape index (κ2) is 13.0. The van der Waals surface area contributed by atoms with Crippen molar-refractivity contribution in [2.24, 2.45) is 0 Å². The fraction of sp³-hybridized carbons (Fsp3) is 0.0200. The van der Waals surface area contributed by atoms with Gasteiger partial charge in [0.25, 0.3) is 0 Å². The minimum atomic E-state index is -0.502. The number of benzene rings is 5. The third-order valence-corrected chi connectivity index (χ3v) is 12.1. The van der Waals surface area contributed by atoms with Gasteiger partial charge in [0.2, 0.25) is 0 Å². The molecule has 0 bridgehead atoms. The predicted octanol–water partition coefficient (Wildman–Crippen LogP) is 12.6. The average molecular weight is 712 g/mol. The van der Waals surface area contributed by atoms with Crippen LogP contribution in [0.4, 0.5) is 0 Å². The Balaban J connectivity index is 1.31. The Morgan fingerprint density at radius 2 is 1.43 bits per heavy atom. The Hall–Kier alpha value is -6.75. The van der Waals surface area contributed by atoms with Crippen molar-refractivity contribution in [3.63, 3.8) is 0 Å².